The maximum absolute atomic E-state index is 9.46. The summed E-state index contributed by atoms with van der Waals surface area (Å²) in [5, 5.41) is 18.5. The molecule has 1 saturated heterocycles. The van der Waals surface area contributed by atoms with Gasteiger partial charge in [-0.25, -0.2) is 0 Å². The molecule has 1 aliphatic heterocycles. The van der Waals surface area contributed by atoms with E-state index < -0.39 is 6.29 Å². The molecule has 1 aliphatic rings. The Balaban J connectivity index is 1.82. The average molecular weight is 238 g/mol. The predicted octanol–water partition coefficient (Wildman–Crippen LogP) is 1.06. The molecule has 17 heavy (non-hydrogen) atoms. The summed E-state index contributed by atoms with van der Waals surface area (Å²) in [5.74, 6) is 0. The maximum Gasteiger partial charge on any atom is 0.157 e. The topological polar surface area (TPSA) is 58.9 Å². The average Bonchev–Trinajstić information content (AvgIpc) is 2.37. The van der Waals surface area contributed by atoms with Gasteiger partial charge in [-0.2, -0.15) is 0 Å². The summed E-state index contributed by atoms with van der Waals surface area (Å²) < 4.78 is 10.9. The van der Waals surface area contributed by atoms with Gasteiger partial charge >= 0.3 is 0 Å². The monoisotopic (exact) mass is 238 g/mol. The molecule has 4 nitrogen and oxygen atoms in total. The fourth-order valence-electron chi connectivity index (χ4n) is 1.99. The number of benzene rings is 1. The van der Waals surface area contributed by atoms with Gasteiger partial charge in [0.1, 0.15) is 0 Å². The summed E-state index contributed by atoms with van der Waals surface area (Å²) in [7, 11) is 0. The second-order valence-corrected chi connectivity index (χ2v) is 4.29. The van der Waals surface area contributed by atoms with Crippen LogP contribution in [0.4, 0.5) is 0 Å². The fourth-order valence-corrected chi connectivity index (χ4v) is 1.99. The number of aliphatic hydroxyl groups excluding tert-OH is 2. The molecule has 4 heteroatoms. The number of ether oxygens (including phenoxy) is 2. The zero-order chi connectivity index (χ0) is 12.1. The van der Waals surface area contributed by atoms with E-state index in [1.54, 1.807) is 0 Å². The van der Waals surface area contributed by atoms with Gasteiger partial charge in [0.05, 0.1) is 25.4 Å². The molecule has 1 aromatic rings. The highest BCUT2D eigenvalue weighted by atomic mass is 16.6. The van der Waals surface area contributed by atoms with Crippen molar-refractivity contribution in [3.63, 3.8) is 0 Å². The number of aliphatic hydroxyl groups is 2. The molecule has 0 aliphatic carbocycles. The summed E-state index contributed by atoms with van der Waals surface area (Å²) in [4.78, 5) is 0. The highest BCUT2D eigenvalue weighted by molar-refractivity contribution is 5.13. The van der Waals surface area contributed by atoms with E-state index in [1.165, 1.54) is 0 Å². The van der Waals surface area contributed by atoms with Gasteiger partial charge in [0.2, 0.25) is 0 Å². The molecule has 0 amide bonds. The van der Waals surface area contributed by atoms with E-state index in [-0.39, 0.29) is 18.8 Å². The van der Waals surface area contributed by atoms with Gasteiger partial charge in [0, 0.05) is 12.8 Å². The third-order valence-corrected chi connectivity index (χ3v) is 2.87. The first-order valence-corrected chi connectivity index (χ1v) is 5.88. The smallest absolute Gasteiger partial charge is 0.157 e. The summed E-state index contributed by atoms with van der Waals surface area (Å²) in [6.07, 6.45) is -0.124. The molecule has 1 unspecified atom stereocenters. The lowest BCUT2D eigenvalue weighted by Gasteiger charge is -2.31. The number of hydrogen-bond donors (Lipinski definition) is 2. The summed E-state index contributed by atoms with van der Waals surface area (Å²) in [6, 6.07) is 9.89. The second-order valence-electron chi connectivity index (χ2n) is 4.29. The quantitative estimate of drug-likeness (QED) is 0.823. The Hall–Kier alpha value is -0.940. The third-order valence-electron chi connectivity index (χ3n) is 2.87. The van der Waals surface area contributed by atoms with Crippen LogP contribution in [0, 0.1) is 0 Å². The Morgan fingerprint density at radius 3 is 2.71 bits per heavy atom. The number of hydrogen-bond acceptors (Lipinski definition) is 4. The van der Waals surface area contributed by atoms with Crippen LogP contribution in [0.15, 0.2) is 30.3 Å². The van der Waals surface area contributed by atoms with Crippen molar-refractivity contribution in [2.24, 2.45) is 0 Å². The largest absolute Gasteiger partial charge is 0.394 e. The van der Waals surface area contributed by atoms with Crippen LogP contribution >= 0.6 is 0 Å². The first-order valence-electron chi connectivity index (χ1n) is 5.88. The number of rotatable bonds is 4. The van der Waals surface area contributed by atoms with Crippen molar-refractivity contribution < 1.29 is 19.7 Å². The highest BCUT2D eigenvalue weighted by Gasteiger charge is 2.28. The van der Waals surface area contributed by atoms with E-state index in [2.05, 4.69) is 0 Å². The normalized spacial score (nSPS) is 29.2. The summed E-state index contributed by atoms with van der Waals surface area (Å²) in [5.41, 5.74) is 1.11. The van der Waals surface area contributed by atoms with Crippen LogP contribution in [-0.4, -0.2) is 35.3 Å². The van der Waals surface area contributed by atoms with Crippen molar-refractivity contribution in [2.75, 3.05) is 6.61 Å². The van der Waals surface area contributed by atoms with E-state index in [0.29, 0.717) is 19.4 Å². The minimum Gasteiger partial charge on any atom is -0.394 e. The van der Waals surface area contributed by atoms with Gasteiger partial charge in [-0.1, -0.05) is 30.3 Å². The molecule has 0 spiro atoms. The molecule has 3 atom stereocenters. The minimum absolute atomic E-state index is 0.0592. The van der Waals surface area contributed by atoms with Crippen molar-refractivity contribution in [1.29, 1.82) is 0 Å². The zero-order valence-electron chi connectivity index (χ0n) is 9.66. The van der Waals surface area contributed by atoms with Crippen LogP contribution < -0.4 is 0 Å². The molecule has 1 fully saturated rings. The van der Waals surface area contributed by atoms with Crippen molar-refractivity contribution in [1.82, 2.24) is 0 Å². The Morgan fingerprint density at radius 2 is 2.00 bits per heavy atom. The van der Waals surface area contributed by atoms with Gasteiger partial charge in [0.25, 0.3) is 0 Å². The standard InChI is InChI=1S/C13H18O4/c14-8-12-6-11(7-13(15)17-12)16-9-10-4-2-1-3-5-10/h1-5,11-15H,6-9H2/t11-,12-,13?/m1/s1. The molecular weight excluding hydrogens is 220 g/mol. The van der Waals surface area contributed by atoms with E-state index in [4.69, 9.17) is 14.6 Å². The molecule has 1 aromatic carbocycles. The molecule has 94 valence electrons. The molecule has 2 N–H and O–H groups in total. The molecule has 0 saturated carbocycles. The molecular formula is C13H18O4. The molecule has 0 aromatic heterocycles. The highest BCUT2D eigenvalue weighted by Crippen LogP contribution is 2.21. The van der Waals surface area contributed by atoms with Crippen LogP contribution in [-0.2, 0) is 16.1 Å². The van der Waals surface area contributed by atoms with Gasteiger partial charge in [-0.15, -0.1) is 0 Å². The van der Waals surface area contributed by atoms with E-state index in [1.807, 2.05) is 30.3 Å². The van der Waals surface area contributed by atoms with Crippen LogP contribution in [0.2, 0.25) is 0 Å². The van der Waals surface area contributed by atoms with Gasteiger partial charge in [-0.3, -0.25) is 0 Å². The summed E-state index contributed by atoms with van der Waals surface area (Å²) in [6.45, 7) is 0.443. The van der Waals surface area contributed by atoms with Crippen molar-refractivity contribution in [2.45, 2.75) is 37.9 Å². The van der Waals surface area contributed by atoms with Gasteiger partial charge < -0.3 is 19.7 Å². The van der Waals surface area contributed by atoms with E-state index in [0.717, 1.165) is 5.56 Å². The van der Waals surface area contributed by atoms with E-state index in [9.17, 15) is 5.11 Å². The molecule has 1 heterocycles. The van der Waals surface area contributed by atoms with Crippen LogP contribution in [0.5, 0.6) is 0 Å². The van der Waals surface area contributed by atoms with Crippen LogP contribution in [0.1, 0.15) is 18.4 Å². The fraction of sp³-hybridized carbons (Fsp3) is 0.538. The third kappa shape index (κ3) is 3.78. The van der Waals surface area contributed by atoms with Crippen LogP contribution in [0.25, 0.3) is 0 Å². The SMILES string of the molecule is OC[C@H]1C[C@@H](OCc2ccccc2)CC(O)O1. The van der Waals surface area contributed by atoms with Crippen molar-refractivity contribution in [3.05, 3.63) is 35.9 Å². The van der Waals surface area contributed by atoms with E-state index >= 15 is 0 Å². The second kappa shape index (κ2) is 6.12. The Kier molecular flexibility index (Phi) is 4.50. The van der Waals surface area contributed by atoms with Crippen molar-refractivity contribution >= 4 is 0 Å². The Bertz CT molecular complexity index is 327. The lowest BCUT2D eigenvalue weighted by Crippen LogP contribution is -2.38. The lowest BCUT2D eigenvalue weighted by atomic mass is 10.1. The Labute approximate surface area is 101 Å². The Morgan fingerprint density at radius 1 is 1.24 bits per heavy atom. The summed E-state index contributed by atoms with van der Waals surface area (Å²) >= 11 is 0. The van der Waals surface area contributed by atoms with Gasteiger partial charge in [0.15, 0.2) is 6.29 Å². The molecule has 2 rings (SSSR count). The zero-order valence-corrected chi connectivity index (χ0v) is 9.66. The van der Waals surface area contributed by atoms with Crippen LogP contribution in [0.3, 0.4) is 0 Å². The van der Waals surface area contributed by atoms with Gasteiger partial charge in [-0.05, 0) is 5.56 Å². The lowest BCUT2D eigenvalue weighted by molar-refractivity contribution is -0.206. The first-order chi connectivity index (χ1) is 8.28. The molecule has 0 radical (unpaired) electrons. The molecule has 0 bridgehead atoms. The maximum atomic E-state index is 9.46. The predicted molar refractivity (Wildman–Crippen MR) is 62.2 cm³/mol. The minimum atomic E-state index is -0.832. The van der Waals surface area contributed by atoms with Crippen molar-refractivity contribution in [3.8, 4) is 0 Å². The first kappa shape index (κ1) is 12.5.